The zero-order valence-corrected chi connectivity index (χ0v) is 12.5. The molecule has 0 aliphatic heterocycles. The fraction of sp³-hybridized carbons (Fsp3) is 1.00. The molecule has 0 aromatic carbocycles. The fourth-order valence-corrected chi connectivity index (χ4v) is 2.83. The van der Waals surface area contributed by atoms with E-state index >= 15 is 0 Å². The van der Waals surface area contributed by atoms with Crippen LogP contribution >= 0.6 is 85.5 Å². The van der Waals surface area contributed by atoms with Crippen molar-refractivity contribution in [1.82, 2.24) is 0 Å². The predicted octanol–water partition coefficient (Wildman–Crippen LogP) is 5.66. The summed E-state index contributed by atoms with van der Waals surface area (Å²) in [7, 11) is 0. The summed E-state index contributed by atoms with van der Waals surface area (Å²) in [6.45, 7) is 0. The Balaban J connectivity index is 3.70. The van der Waals surface area contributed by atoms with Gasteiger partial charge in [0.15, 0.2) is 7.59 Å². The van der Waals surface area contributed by atoms with E-state index in [1.807, 2.05) is 0 Å². The Morgan fingerprint density at radius 3 is 1.69 bits per heavy atom. The van der Waals surface area contributed by atoms with Crippen LogP contribution in [0.4, 0.5) is 0 Å². The molecule has 0 rings (SSSR count). The highest BCUT2D eigenvalue weighted by Crippen LogP contribution is 2.38. The highest BCUT2D eigenvalue weighted by atomic mass is 79.9. The van der Waals surface area contributed by atoms with E-state index in [4.69, 9.17) is 69.6 Å². The second-order valence-electron chi connectivity index (χ2n) is 2.57. The maximum Gasteiger partial charge on any atom is 0.191 e. The second kappa shape index (κ2) is 6.08. The Morgan fingerprint density at radius 1 is 0.923 bits per heavy atom. The van der Waals surface area contributed by atoms with E-state index in [1.54, 1.807) is 0 Å². The number of rotatable bonds is 3. The van der Waals surface area contributed by atoms with Gasteiger partial charge < -0.3 is 0 Å². The normalized spacial score (nSPS) is 15.9. The van der Waals surface area contributed by atoms with Crippen molar-refractivity contribution in [2.24, 2.45) is 0 Å². The first kappa shape index (κ1) is 15.2. The van der Waals surface area contributed by atoms with E-state index in [2.05, 4.69) is 15.9 Å². The van der Waals surface area contributed by atoms with E-state index in [1.165, 1.54) is 0 Å². The Hall–Kier alpha value is 2.22. The molecule has 0 spiro atoms. The number of alkyl halides is 7. The Morgan fingerprint density at radius 2 is 1.38 bits per heavy atom. The van der Waals surface area contributed by atoms with Crippen molar-refractivity contribution < 1.29 is 0 Å². The van der Waals surface area contributed by atoms with Gasteiger partial charge in [-0.3, -0.25) is 0 Å². The molecular formula is C6H7BrCl6. The molecule has 0 amide bonds. The molecule has 0 saturated heterocycles. The largest absolute Gasteiger partial charge is 0.191 e. The van der Waals surface area contributed by atoms with Gasteiger partial charge in [-0.15, -0.1) is 0 Å². The van der Waals surface area contributed by atoms with Gasteiger partial charge in [0.25, 0.3) is 0 Å². The summed E-state index contributed by atoms with van der Waals surface area (Å²) >= 11 is 36.8. The molecule has 13 heavy (non-hydrogen) atoms. The smallest absolute Gasteiger partial charge is 0.0889 e. The van der Waals surface area contributed by atoms with Crippen molar-refractivity contribution in [2.45, 2.75) is 31.7 Å². The van der Waals surface area contributed by atoms with Crippen LogP contribution in [0.15, 0.2) is 0 Å². The summed E-state index contributed by atoms with van der Waals surface area (Å²) in [4.78, 5) is 0.0376. The number of hydrogen-bond acceptors (Lipinski definition) is 0. The average Bonchev–Trinajstić information content (AvgIpc) is 1.78. The first-order valence-electron chi connectivity index (χ1n) is 3.38. The van der Waals surface area contributed by atoms with E-state index in [0.717, 1.165) is 0 Å². The quantitative estimate of drug-likeness (QED) is 0.561. The zero-order valence-electron chi connectivity index (χ0n) is 6.34. The van der Waals surface area contributed by atoms with Crippen LogP contribution in [-0.2, 0) is 0 Å². The highest BCUT2D eigenvalue weighted by Gasteiger charge is 2.26. The molecule has 0 fully saturated rings. The first-order valence-corrected chi connectivity index (χ1v) is 6.56. The van der Waals surface area contributed by atoms with Crippen LogP contribution in [0, 0.1) is 0 Å². The van der Waals surface area contributed by atoms with Crippen molar-refractivity contribution in [2.75, 3.05) is 0 Å². The molecular weight excluding hydrogens is 365 g/mol. The Kier molecular flexibility index (Phi) is 7.12. The summed E-state index contributed by atoms with van der Waals surface area (Å²) in [5, 5.41) is 0. The third-order valence-corrected chi connectivity index (χ3v) is 3.01. The van der Waals surface area contributed by atoms with Gasteiger partial charge in [0.05, 0.1) is 0 Å². The third kappa shape index (κ3) is 12.2. The fourth-order valence-electron chi connectivity index (χ4n) is 0.673. The van der Waals surface area contributed by atoms with Crippen molar-refractivity contribution in [3.05, 3.63) is 0 Å². The predicted molar refractivity (Wildman–Crippen MR) is 67.1 cm³/mol. The molecule has 1 atom stereocenters. The molecule has 80 valence electrons. The van der Waals surface area contributed by atoms with E-state index < -0.39 is 7.59 Å². The number of hydrogen-bond donors (Lipinski definition) is 0. The van der Waals surface area contributed by atoms with Gasteiger partial charge in [-0.05, 0) is 12.8 Å². The zero-order chi connectivity index (χ0) is 10.7. The molecule has 1 unspecified atom stereocenters. The van der Waals surface area contributed by atoms with Gasteiger partial charge in [0.2, 0.25) is 0 Å². The van der Waals surface area contributed by atoms with Crippen molar-refractivity contribution in [1.29, 1.82) is 0 Å². The van der Waals surface area contributed by atoms with Gasteiger partial charge in [-0.2, -0.15) is 0 Å². The Bertz CT molecular complexity index is 148. The van der Waals surface area contributed by atoms with Crippen LogP contribution in [0.25, 0.3) is 0 Å². The lowest BCUT2D eigenvalue weighted by Gasteiger charge is -2.17. The van der Waals surface area contributed by atoms with E-state index in [0.29, 0.717) is 19.3 Å². The van der Waals surface area contributed by atoms with E-state index in [9.17, 15) is 0 Å². The van der Waals surface area contributed by atoms with Crippen LogP contribution in [0.2, 0.25) is 0 Å². The molecule has 0 aromatic rings. The topological polar surface area (TPSA) is 0 Å². The lowest BCUT2D eigenvalue weighted by Crippen LogP contribution is -2.14. The molecule has 0 bridgehead atoms. The van der Waals surface area contributed by atoms with Gasteiger partial charge >= 0.3 is 0 Å². The molecule has 0 N–H and O–H groups in total. The standard InChI is InChI=1S/C6H7BrCl6/c7-4(3-6(11,12)13)1-2-5(8,9)10/h4H,1-3H2. The number of halogens is 7. The SMILES string of the molecule is ClC(Cl)(Cl)CCC(Br)CC(Cl)(Cl)Cl. The minimum Gasteiger partial charge on any atom is -0.0889 e. The monoisotopic (exact) mass is 368 g/mol. The van der Waals surface area contributed by atoms with Crippen LogP contribution in [-0.4, -0.2) is 12.4 Å². The second-order valence-corrected chi connectivity index (χ2v) is 8.90. The molecule has 0 aliphatic carbocycles. The summed E-state index contributed by atoms with van der Waals surface area (Å²) in [5.74, 6) is 0. The van der Waals surface area contributed by atoms with Crippen LogP contribution in [0.3, 0.4) is 0 Å². The van der Waals surface area contributed by atoms with Gasteiger partial charge in [-0.25, -0.2) is 0 Å². The molecule has 0 radical (unpaired) electrons. The molecule has 0 saturated carbocycles. The Labute approximate surface area is 116 Å². The lowest BCUT2D eigenvalue weighted by atomic mass is 10.2. The average molecular weight is 372 g/mol. The molecule has 0 heterocycles. The molecule has 0 aliphatic rings. The van der Waals surface area contributed by atoms with Crippen molar-refractivity contribution in [3.8, 4) is 0 Å². The highest BCUT2D eigenvalue weighted by molar-refractivity contribution is 9.09. The van der Waals surface area contributed by atoms with Crippen LogP contribution < -0.4 is 0 Å². The summed E-state index contributed by atoms with van der Waals surface area (Å²) in [6, 6.07) is 0. The van der Waals surface area contributed by atoms with Crippen molar-refractivity contribution >= 4 is 85.5 Å². The van der Waals surface area contributed by atoms with Gasteiger partial charge in [0.1, 0.15) is 0 Å². The molecule has 7 heteroatoms. The summed E-state index contributed by atoms with van der Waals surface area (Å²) in [5.41, 5.74) is 0. The first-order chi connectivity index (χ1) is 5.60. The van der Waals surface area contributed by atoms with E-state index in [-0.39, 0.29) is 4.83 Å². The van der Waals surface area contributed by atoms with Crippen LogP contribution in [0.5, 0.6) is 0 Å². The maximum absolute atomic E-state index is 5.58. The third-order valence-electron chi connectivity index (χ3n) is 1.19. The van der Waals surface area contributed by atoms with Gasteiger partial charge in [-0.1, -0.05) is 85.5 Å². The van der Waals surface area contributed by atoms with Gasteiger partial charge in [0, 0.05) is 11.2 Å². The molecule has 0 aromatic heterocycles. The maximum atomic E-state index is 5.58. The summed E-state index contributed by atoms with van der Waals surface area (Å²) < 4.78 is -2.50. The molecule has 0 nitrogen and oxygen atoms in total. The lowest BCUT2D eigenvalue weighted by molar-refractivity contribution is 0.681. The summed E-state index contributed by atoms with van der Waals surface area (Å²) in [6.07, 6.45) is 1.46. The van der Waals surface area contributed by atoms with Crippen molar-refractivity contribution in [3.63, 3.8) is 0 Å². The minimum atomic E-state index is -1.26. The minimum absolute atomic E-state index is 0.0376. The van der Waals surface area contributed by atoms with Crippen LogP contribution in [0.1, 0.15) is 19.3 Å².